The van der Waals surface area contributed by atoms with E-state index in [0.717, 1.165) is 16.7 Å². The number of fused-ring (bicyclic) bond motifs is 1. The lowest BCUT2D eigenvalue weighted by Crippen LogP contribution is -2.40. The zero-order valence-corrected chi connectivity index (χ0v) is 16.9. The molecule has 0 fully saturated rings. The summed E-state index contributed by atoms with van der Waals surface area (Å²) in [5, 5.41) is 11.2. The van der Waals surface area contributed by atoms with Crippen LogP contribution in [0.25, 0.3) is 0 Å². The highest BCUT2D eigenvalue weighted by molar-refractivity contribution is 6.11. The smallest absolute Gasteiger partial charge is 0.263 e. The van der Waals surface area contributed by atoms with Gasteiger partial charge in [-0.15, -0.1) is 0 Å². The second-order valence-electron chi connectivity index (χ2n) is 8.58. The molecule has 1 aliphatic heterocycles. The molecule has 2 aromatic rings. The first-order valence-corrected chi connectivity index (χ1v) is 9.22. The molecule has 27 heavy (non-hydrogen) atoms. The van der Waals surface area contributed by atoms with Gasteiger partial charge in [-0.3, -0.25) is 9.59 Å². The van der Waals surface area contributed by atoms with E-state index in [9.17, 15) is 14.7 Å². The number of carbonyl (C=O) groups excluding carboxylic acids is 2. The first-order chi connectivity index (χ1) is 12.5. The first kappa shape index (κ1) is 19.3. The molecule has 142 valence electrons. The number of rotatable bonds is 3. The molecule has 3 rings (SSSR count). The molecule has 1 atom stereocenters. The molecule has 1 heterocycles. The fraction of sp³-hybridized carbons (Fsp3) is 0.391. The van der Waals surface area contributed by atoms with Crippen molar-refractivity contribution in [3.8, 4) is 0 Å². The molecule has 0 saturated carbocycles. The van der Waals surface area contributed by atoms with Gasteiger partial charge in [0.15, 0.2) is 11.4 Å². The Kier molecular flexibility index (Phi) is 4.51. The van der Waals surface area contributed by atoms with Crippen LogP contribution >= 0.6 is 0 Å². The number of aliphatic hydroxyl groups is 1. The topological polar surface area (TPSA) is 57.6 Å². The third kappa shape index (κ3) is 3.08. The minimum atomic E-state index is -1.82. The molecule has 4 heteroatoms. The van der Waals surface area contributed by atoms with Crippen LogP contribution in [0.15, 0.2) is 36.4 Å². The lowest BCUT2D eigenvalue weighted by atomic mass is 9.81. The Bertz CT molecular complexity index is 916. The van der Waals surface area contributed by atoms with Crippen molar-refractivity contribution in [2.75, 3.05) is 11.9 Å². The summed E-state index contributed by atoms with van der Waals surface area (Å²) in [6.07, 6.45) is -0.260. The molecule has 0 saturated heterocycles. The van der Waals surface area contributed by atoms with Gasteiger partial charge in [-0.05, 0) is 42.0 Å². The monoisotopic (exact) mass is 365 g/mol. The molecule has 2 aromatic carbocycles. The second-order valence-corrected chi connectivity index (χ2v) is 8.58. The summed E-state index contributed by atoms with van der Waals surface area (Å²) >= 11 is 0. The highest BCUT2D eigenvalue weighted by Gasteiger charge is 2.49. The first-order valence-electron chi connectivity index (χ1n) is 9.22. The quantitative estimate of drug-likeness (QED) is 0.835. The fourth-order valence-corrected chi connectivity index (χ4v) is 3.95. The van der Waals surface area contributed by atoms with E-state index < -0.39 is 11.5 Å². The van der Waals surface area contributed by atoms with Crippen LogP contribution in [0, 0.1) is 13.8 Å². The Morgan fingerprint density at radius 3 is 2.22 bits per heavy atom. The molecule has 0 unspecified atom stereocenters. The van der Waals surface area contributed by atoms with Gasteiger partial charge in [0.1, 0.15) is 0 Å². The predicted molar refractivity (Wildman–Crippen MR) is 107 cm³/mol. The third-order valence-electron chi connectivity index (χ3n) is 5.46. The van der Waals surface area contributed by atoms with Crippen LogP contribution in [0.2, 0.25) is 0 Å². The van der Waals surface area contributed by atoms with E-state index in [4.69, 9.17) is 0 Å². The van der Waals surface area contributed by atoms with Gasteiger partial charge < -0.3 is 10.0 Å². The predicted octanol–water partition coefficient (Wildman–Crippen LogP) is 4.04. The minimum Gasteiger partial charge on any atom is -0.375 e. The van der Waals surface area contributed by atoms with Crippen molar-refractivity contribution in [2.24, 2.45) is 0 Å². The van der Waals surface area contributed by atoms with E-state index in [0.29, 0.717) is 16.8 Å². The summed E-state index contributed by atoms with van der Waals surface area (Å²) in [5.74, 6) is -0.676. The van der Waals surface area contributed by atoms with Crippen LogP contribution in [-0.4, -0.2) is 23.8 Å². The molecule has 1 N–H and O–H groups in total. The number of ketones is 1. The fourth-order valence-electron chi connectivity index (χ4n) is 3.95. The number of benzene rings is 2. The number of Topliss-reactive ketones (excluding diaryl/α,β-unsaturated/α-hetero) is 1. The van der Waals surface area contributed by atoms with Crippen molar-refractivity contribution >= 4 is 17.4 Å². The highest BCUT2D eigenvalue weighted by Crippen LogP contribution is 2.42. The van der Waals surface area contributed by atoms with Crippen LogP contribution in [-0.2, 0) is 15.8 Å². The summed E-state index contributed by atoms with van der Waals surface area (Å²) in [6.45, 7) is 10.2. The number of carbonyl (C=O) groups is 2. The van der Waals surface area contributed by atoms with Crippen molar-refractivity contribution in [1.82, 2.24) is 0 Å². The van der Waals surface area contributed by atoms with Crippen LogP contribution in [0.5, 0.6) is 0 Å². The minimum absolute atomic E-state index is 0.0155. The van der Waals surface area contributed by atoms with Crippen molar-refractivity contribution in [3.63, 3.8) is 0 Å². The van der Waals surface area contributed by atoms with E-state index >= 15 is 0 Å². The van der Waals surface area contributed by atoms with Gasteiger partial charge >= 0.3 is 0 Å². The molecule has 1 amide bonds. The van der Waals surface area contributed by atoms with Gasteiger partial charge in [0, 0.05) is 18.2 Å². The van der Waals surface area contributed by atoms with Crippen molar-refractivity contribution < 1.29 is 14.7 Å². The molecule has 0 bridgehead atoms. The Balaban J connectivity index is 2.00. The van der Waals surface area contributed by atoms with Crippen LogP contribution < -0.4 is 4.90 Å². The Morgan fingerprint density at radius 2 is 1.67 bits per heavy atom. The number of aryl methyl sites for hydroxylation is 2. The second kappa shape index (κ2) is 6.31. The Labute approximate surface area is 160 Å². The van der Waals surface area contributed by atoms with E-state index in [1.807, 2.05) is 32.0 Å². The number of amides is 1. The zero-order valence-electron chi connectivity index (χ0n) is 16.9. The summed E-state index contributed by atoms with van der Waals surface area (Å²) in [7, 11) is 1.62. The average molecular weight is 365 g/mol. The van der Waals surface area contributed by atoms with E-state index in [-0.39, 0.29) is 17.6 Å². The SMILES string of the molecule is Cc1cc(C(C)(C)C)cc(C)c1C(=O)C[C@@]1(O)C(=O)N(C)c2ccccc21. The molecule has 1 aliphatic rings. The van der Waals surface area contributed by atoms with Crippen molar-refractivity contribution in [2.45, 2.75) is 52.1 Å². The summed E-state index contributed by atoms with van der Waals surface area (Å²) in [6, 6.07) is 11.1. The van der Waals surface area contributed by atoms with Crippen molar-refractivity contribution in [1.29, 1.82) is 0 Å². The lowest BCUT2D eigenvalue weighted by Gasteiger charge is -2.24. The van der Waals surface area contributed by atoms with Gasteiger partial charge in [0.2, 0.25) is 0 Å². The van der Waals surface area contributed by atoms with Gasteiger partial charge in [-0.25, -0.2) is 0 Å². The Hall–Kier alpha value is -2.46. The number of hydrogen-bond donors (Lipinski definition) is 1. The van der Waals surface area contributed by atoms with Gasteiger partial charge in [0.25, 0.3) is 5.91 Å². The van der Waals surface area contributed by atoms with E-state index in [1.165, 1.54) is 4.90 Å². The van der Waals surface area contributed by atoms with Gasteiger partial charge in [-0.2, -0.15) is 0 Å². The van der Waals surface area contributed by atoms with Crippen LogP contribution in [0.1, 0.15) is 59.8 Å². The maximum Gasteiger partial charge on any atom is 0.263 e. The van der Waals surface area contributed by atoms with E-state index in [1.54, 1.807) is 25.2 Å². The average Bonchev–Trinajstić information content (AvgIpc) is 2.76. The molecular formula is C23H27NO3. The number of anilines is 1. The summed E-state index contributed by atoms with van der Waals surface area (Å²) in [4.78, 5) is 27.3. The number of para-hydroxylation sites is 1. The summed E-state index contributed by atoms with van der Waals surface area (Å²) in [5.41, 5.74) is 2.82. The highest BCUT2D eigenvalue weighted by atomic mass is 16.3. The molecule has 0 spiro atoms. The Morgan fingerprint density at radius 1 is 1.11 bits per heavy atom. The standard InChI is InChI=1S/C23H27NO3/c1-14-11-16(22(3,4)5)12-15(2)20(14)19(25)13-23(27)17-9-7-8-10-18(17)24(6)21(23)26/h7-12,27H,13H2,1-6H3/t23-/m0/s1. The number of likely N-dealkylation sites (N-methyl/N-ethyl adjacent to an activating group) is 1. The maximum atomic E-state index is 13.1. The molecule has 4 nitrogen and oxygen atoms in total. The number of nitrogens with zero attached hydrogens (tertiary/aromatic N) is 1. The maximum absolute atomic E-state index is 13.1. The number of hydrogen-bond acceptors (Lipinski definition) is 3. The zero-order chi connectivity index (χ0) is 20.1. The largest absolute Gasteiger partial charge is 0.375 e. The van der Waals surface area contributed by atoms with Gasteiger partial charge in [-0.1, -0.05) is 51.1 Å². The normalized spacial score (nSPS) is 19.4. The van der Waals surface area contributed by atoms with Crippen molar-refractivity contribution in [3.05, 3.63) is 64.2 Å². The molecular weight excluding hydrogens is 338 g/mol. The lowest BCUT2D eigenvalue weighted by molar-refractivity contribution is -0.135. The molecule has 0 aliphatic carbocycles. The van der Waals surface area contributed by atoms with Crippen LogP contribution in [0.4, 0.5) is 5.69 Å². The molecule has 0 aromatic heterocycles. The van der Waals surface area contributed by atoms with Crippen LogP contribution in [0.3, 0.4) is 0 Å². The van der Waals surface area contributed by atoms with E-state index in [2.05, 4.69) is 20.8 Å². The van der Waals surface area contributed by atoms with Gasteiger partial charge in [0.05, 0.1) is 12.1 Å². The third-order valence-corrected chi connectivity index (χ3v) is 5.46. The summed E-state index contributed by atoms with van der Waals surface area (Å²) < 4.78 is 0. The molecule has 0 radical (unpaired) electrons.